The molecule has 1 aliphatic rings. The van der Waals surface area contributed by atoms with Gasteiger partial charge in [0.2, 0.25) is 5.91 Å². The molecule has 5 nitrogen and oxygen atoms in total. The molecule has 2 rings (SSSR count). The average molecular weight is 261 g/mol. The molecule has 0 bridgehead atoms. The fourth-order valence-corrected chi connectivity index (χ4v) is 2.21. The van der Waals surface area contributed by atoms with E-state index < -0.39 is 5.91 Å². The number of aryl methyl sites for hydroxylation is 1. The number of likely N-dealkylation sites (N-methyl/N-ethyl adjacent to an activating group) is 1. The molecule has 102 valence electrons. The Bertz CT molecular complexity index is 505. The lowest BCUT2D eigenvalue weighted by Gasteiger charge is -2.32. The van der Waals surface area contributed by atoms with Gasteiger partial charge in [-0.1, -0.05) is 6.07 Å². The van der Waals surface area contributed by atoms with E-state index in [-0.39, 0.29) is 5.91 Å². The minimum atomic E-state index is -0.495. The molecule has 0 saturated carbocycles. The Labute approximate surface area is 113 Å². The number of piperazine rings is 1. The van der Waals surface area contributed by atoms with Crippen LogP contribution in [0.1, 0.15) is 26.3 Å². The SMILES string of the molecule is Cc1ccc(C(=O)N2CCN(C)CC2)cc1C(N)=O. The van der Waals surface area contributed by atoms with Crippen molar-refractivity contribution < 1.29 is 9.59 Å². The number of benzene rings is 1. The summed E-state index contributed by atoms with van der Waals surface area (Å²) in [7, 11) is 2.04. The summed E-state index contributed by atoms with van der Waals surface area (Å²) in [5, 5.41) is 0. The molecule has 19 heavy (non-hydrogen) atoms. The number of carbonyl (C=O) groups excluding carboxylic acids is 2. The highest BCUT2D eigenvalue weighted by molar-refractivity contribution is 6.00. The van der Waals surface area contributed by atoms with Gasteiger partial charge in [0.05, 0.1) is 0 Å². The summed E-state index contributed by atoms with van der Waals surface area (Å²) in [5.74, 6) is -0.527. The lowest BCUT2D eigenvalue weighted by molar-refractivity contribution is 0.0664. The Morgan fingerprint density at radius 1 is 1.16 bits per heavy atom. The van der Waals surface area contributed by atoms with Gasteiger partial charge in [0, 0.05) is 37.3 Å². The topological polar surface area (TPSA) is 66.6 Å². The first kappa shape index (κ1) is 13.5. The smallest absolute Gasteiger partial charge is 0.253 e. The largest absolute Gasteiger partial charge is 0.366 e. The molecule has 5 heteroatoms. The number of primary amides is 1. The first-order valence-electron chi connectivity index (χ1n) is 6.37. The molecule has 0 spiro atoms. The van der Waals surface area contributed by atoms with Gasteiger partial charge in [0.1, 0.15) is 0 Å². The molecular weight excluding hydrogens is 242 g/mol. The van der Waals surface area contributed by atoms with Crippen molar-refractivity contribution >= 4 is 11.8 Å². The van der Waals surface area contributed by atoms with E-state index in [0.29, 0.717) is 11.1 Å². The second-order valence-electron chi connectivity index (χ2n) is 4.99. The molecule has 0 unspecified atom stereocenters. The normalized spacial score (nSPS) is 16.4. The van der Waals surface area contributed by atoms with Crippen LogP contribution in [-0.2, 0) is 0 Å². The van der Waals surface area contributed by atoms with Crippen molar-refractivity contribution in [1.29, 1.82) is 0 Å². The van der Waals surface area contributed by atoms with E-state index in [4.69, 9.17) is 5.73 Å². The predicted molar refractivity (Wildman–Crippen MR) is 73.1 cm³/mol. The maximum atomic E-state index is 12.3. The molecule has 1 aliphatic heterocycles. The molecule has 1 saturated heterocycles. The maximum absolute atomic E-state index is 12.3. The molecule has 0 aromatic heterocycles. The highest BCUT2D eigenvalue weighted by Crippen LogP contribution is 2.14. The van der Waals surface area contributed by atoms with Gasteiger partial charge in [-0.15, -0.1) is 0 Å². The molecular formula is C14H19N3O2. The monoisotopic (exact) mass is 261 g/mol. The van der Waals surface area contributed by atoms with E-state index in [1.54, 1.807) is 18.2 Å². The number of amides is 2. The second kappa shape index (κ2) is 5.40. The second-order valence-corrected chi connectivity index (χ2v) is 4.99. The lowest BCUT2D eigenvalue weighted by Crippen LogP contribution is -2.47. The van der Waals surface area contributed by atoms with Crippen LogP contribution in [0.3, 0.4) is 0 Å². The third-order valence-corrected chi connectivity index (χ3v) is 3.54. The van der Waals surface area contributed by atoms with Gasteiger partial charge in [0.15, 0.2) is 0 Å². The quantitative estimate of drug-likeness (QED) is 0.842. The standard InChI is InChI=1S/C14H19N3O2/c1-10-3-4-11(9-12(10)13(15)18)14(19)17-7-5-16(2)6-8-17/h3-4,9H,5-8H2,1-2H3,(H2,15,18). The summed E-state index contributed by atoms with van der Waals surface area (Å²) in [6.45, 7) is 5.00. The first-order valence-corrected chi connectivity index (χ1v) is 6.37. The Balaban J connectivity index is 2.20. The number of hydrogen-bond donors (Lipinski definition) is 1. The Morgan fingerprint density at radius 3 is 2.37 bits per heavy atom. The number of nitrogens with zero attached hydrogens (tertiary/aromatic N) is 2. The zero-order valence-electron chi connectivity index (χ0n) is 11.3. The van der Waals surface area contributed by atoms with Crippen molar-refractivity contribution in [3.05, 3.63) is 34.9 Å². The third-order valence-electron chi connectivity index (χ3n) is 3.54. The summed E-state index contributed by atoms with van der Waals surface area (Å²) < 4.78 is 0. The zero-order chi connectivity index (χ0) is 14.0. The molecule has 0 aliphatic carbocycles. The highest BCUT2D eigenvalue weighted by atomic mass is 16.2. The number of rotatable bonds is 2. The summed E-state index contributed by atoms with van der Waals surface area (Å²) >= 11 is 0. The van der Waals surface area contributed by atoms with Crippen LogP contribution in [0, 0.1) is 6.92 Å². The molecule has 1 aromatic rings. The van der Waals surface area contributed by atoms with Gasteiger partial charge >= 0.3 is 0 Å². The van der Waals surface area contributed by atoms with Gasteiger partial charge in [0.25, 0.3) is 5.91 Å². The van der Waals surface area contributed by atoms with E-state index in [1.807, 2.05) is 18.9 Å². The Kier molecular flexibility index (Phi) is 3.85. The summed E-state index contributed by atoms with van der Waals surface area (Å²) in [6, 6.07) is 5.12. The van der Waals surface area contributed by atoms with Gasteiger partial charge in [-0.3, -0.25) is 9.59 Å². The van der Waals surface area contributed by atoms with Crippen molar-refractivity contribution in [1.82, 2.24) is 9.80 Å². The number of carbonyl (C=O) groups is 2. The summed E-state index contributed by atoms with van der Waals surface area (Å²) in [5.41, 5.74) is 7.05. The van der Waals surface area contributed by atoms with Crippen LogP contribution in [-0.4, -0.2) is 54.8 Å². The van der Waals surface area contributed by atoms with Gasteiger partial charge in [-0.2, -0.15) is 0 Å². The highest BCUT2D eigenvalue weighted by Gasteiger charge is 2.21. The molecule has 0 atom stereocenters. The first-order chi connectivity index (χ1) is 8.99. The van der Waals surface area contributed by atoms with Crippen molar-refractivity contribution in [2.75, 3.05) is 33.2 Å². The van der Waals surface area contributed by atoms with Gasteiger partial charge in [-0.05, 0) is 31.7 Å². The van der Waals surface area contributed by atoms with E-state index in [2.05, 4.69) is 4.90 Å². The fourth-order valence-electron chi connectivity index (χ4n) is 2.21. The van der Waals surface area contributed by atoms with Crippen LogP contribution in [0.2, 0.25) is 0 Å². The maximum Gasteiger partial charge on any atom is 0.253 e. The molecule has 2 amide bonds. The molecule has 1 aromatic carbocycles. The van der Waals surface area contributed by atoms with Gasteiger partial charge < -0.3 is 15.5 Å². The Morgan fingerprint density at radius 2 is 1.79 bits per heavy atom. The van der Waals surface area contributed by atoms with E-state index in [9.17, 15) is 9.59 Å². The van der Waals surface area contributed by atoms with Crippen molar-refractivity contribution in [2.45, 2.75) is 6.92 Å². The van der Waals surface area contributed by atoms with Crippen LogP contribution < -0.4 is 5.73 Å². The zero-order valence-corrected chi connectivity index (χ0v) is 11.3. The molecule has 1 heterocycles. The average Bonchev–Trinajstić information content (AvgIpc) is 2.39. The van der Waals surface area contributed by atoms with Crippen LogP contribution in [0.25, 0.3) is 0 Å². The van der Waals surface area contributed by atoms with Crippen LogP contribution >= 0.6 is 0 Å². The number of nitrogens with two attached hydrogens (primary N) is 1. The minimum absolute atomic E-state index is 0.0319. The summed E-state index contributed by atoms with van der Waals surface area (Å²) in [6.07, 6.45) is 0. The third kappa shape index (κ3) is 2.93. The van der Waals surface area contributed by atoms with Gasteiger partial charge in [-0.25, -0.2) is 0 Å². The minimum Gasteiger partial charge on any atom is -0.366 e. The lowest BCUT2D eigenvalue weighted by atomic mass is 10.0. The Hall–Kier alpha value is -1.88. The van der Waals surface area contributed by atoms with E-state index >= 15 is 0 Å². The van der Waals surface area contributed by atoms with E-state index in [1.165, 1.54) is 0 Å². The van der Waals surface area contributed by atoms with E-state index in [0.717, 1.165) is 31.7 Å². The van der Waals surface area contributed by atoms with Crippen LogP contribution in [0.5, 0.6) is 0 Å². The molecule has 0 radical (unpaired) electrons. The van der Waals surface area contributed by atoms with Crippen molar-refractivity contribution in [3.63, 3.8) is 0 Å². The van der Waals surface area contributed by atoms with Crippen molar-refractivity contribution in [2.24, 2.45) is 5.73 Å². The summed E-state index contributed by atoms with van der Waals surface area (Å²) in [4.78, 5) is 27.7. The van der Waals surface area contributed by atoms with Crippen molar-refractivity contribution in [3.8, 4) is 0 Å². The van der Waals surface area contributed by atoms with Crippen LogP contribution in [0.4, 0.5) is 0 Å². The molecule has 1 fully saturated rings. The van der Waals surface area contributed by atoms with Crippen LogP contribution in [0.15, 0.2) is 18.2 Å². The fraction of sp³-hybridized carbons (Fsp3) is 0.429. The predicted octanol–water partition coefficient (Wildman–Crippen LogP) is 0.482. The number of hydrogen-bond acceptors (Lipinski definition) is 3. The molecule has 2 N–H and O–H groups in total.